The minimum absolute atomic E-state index is 0.424. The summed E-state index contributed by atoms with van der Waals surface area (Å²) in [7, 11) is 1.92. The van der Waals surface area contributed by atoms with E-state index in [0.29, 0.717) is 6.04 Å². The van der Waals surface area contributed by atoms with Crippen molar-refractivity contribution in [1.82, 2.24) is 5.32 Å². The van der Waals surface area contributed by atoms with Gasteiger partial charge >= 0.3 is 6.18 Å². The highest BCUT2D eigenvalue weighted by molar-refractivity contribution is 5.49. The van der Waals surface area contributed by atoms with Crippen LogP contribution in [0.1, 0.15) is 31.2 Å². The Hall–Kier alpha value is -1.23. The second-order valence-electron chi connectivity index (χ2n) is 5.28. The summed E-state index contributed by atoms with van der Waals surface area (Å²) in [6, 6.07) is 5.98. The predicted octanol–water partition coefficient (Wildman–Crippen LogP) is 3.67. The van der Waals surface area contributed by atoms with E-state index in [1.54, 1.807) is 12.1 Å². The number of hydrogen-bond acceptors (Lipinski definition) is 2. The molecule has 1 aromatic rings. The number of nitrogens with zero attached hydrogens (tertiary/aromatic N) is 1. The van der Waals surface area contributed by atoms with Gasteiger partial charge in [-0.25, -0.2) is 0 Å². The zero-order chi connectivity index (χ0) is 14.6. The molecule has 0 spiro atoms. The Bertz CT molecular complexity index is 414. The van der Waals surface area contributed by atoms with Crippen LogP contribution in [0.3, 0.4) is 0 Å². The third-order valence-electron chi connectivity index (χ3n) is 3.88. The molecule has 0 bridgehead atoms. The van der Waals surface area contributed by atoms with Crippen molar-refractivity contribution in [3.63, 3.8) is 0 Å². The highest BCUT2D eigenvalue weighted by atomic mass is 19.4. The van der Waals surface area contributed by atoms with Gasteiger partial charge in [0.1, 0.15) is 0 Å². The second-order valence-corrected chi connectivity index (χ2v) is 5.28. The van der Waals surface area contributed by atoms with Crippen molar-refractivity contribution in [2.75, 3.05) is 25.0 Å². The number of rotatable bonds is 4. The maximum Gasteiger partial charge on any atom is 0.416 e. The summed E-state index contributed by atoms with van der Waals surface area (Å²) in [5.74, 6) is 0. The Morgan fingerprint density at radius 3 is 2.50 bits per heavy atom. The van der Waals surface area contributed by atoms with Crippen LogP contribution in [-0.2, 0) is 6.18 Å². The molecule has 2 rings (SSSR count). The van der Waals surface area contributed by atoms with Gasteiger partial charge < -0.3 is 10.2 Å². The van der Waals surface area contributed by atoms with Crippen LogP contribution in [0.2, 0.25) is 0 Å². The van der Waals surface area contributed by atoms with E-state index >= 15 is 0 Å². The fourth-order valence-electron chi connectivity index (χ4n) is 2.79. The molecule has 1 aliphatic rings. The van der Waals surface area contributed by atoms with E-state index in [9.17, 15) is 13.2 Å². The lowest BCUT2D eigenvalue weighted by Gasteiger charge is -2.38. The van der Waals surface area contributed by atoms with Crippen LogP contribution in [0.5, 0.6) is 0 Å². The van der Waals surface area contributed by atoms with Crippen molar-refractivity contribution in [2.45, 2.75) is 37.9 Å². The minimum Gasteiger partial charge on any atom is -0.369 e. The largest absolute Gasteiger partial charge is 0.416 e. The van der Waals surface area contributed by atoms with Gasteiger partial charge in [-0.15, -0.1) is 0 Å². The molecule has 112 valence electrons. The molecule has 1 aliphatic heterocycles. The standard InChI is InChI=1S/C15H21F3N2/c1-19-10-9-13-4-2-3-11-20(13)14-7-5-12(6-8-14)15(16,17)18/h5-8,13,19H,2-4,9-11H2,1H3. The molecule has 5 heteroatoms. The Kier molecular flexibility index (Phi) is 4.91. The predicted molar refractivity (Wildman–Crippen MR) is 75.0 cm³/mol. The van der Waals surface area contributed by atoms with Gasteiger partial charge in [-0.2, -0.15) is 13.2 Å². The molecule has 1 saturated heterocycles. The van der Waals surface area contributed by atoms with Crippen molar-refractivity contribution in [1.29, 1.82) is 0 Å². The van der Waals surface area contributed by atoms with Gasteiger partial charge in [0.25, 0.3) is 0 Å². The average molecular weight is 286 g/mol. The van der Waals surface area contributed by atoms with Crippen molar-refractivity contribution >= 4 is 5.69 Å². The molecule has 1 fully saturated rings. The Morgan fingerprint density at radius 2 is 1.90 bits per heavy atom. The summed E-state index contributed by atoms with van der Waals surface area (Å²) in [6.45, 7) is 1.86. The van der Waals surface area contributed by atoms with E-state index in [1.807, 2.05) is 7.05 Å². The number of halogens is 3. The first-order chi connectivity index (χ1) is 9.52. The number of nitrogens with one attached hydrogen (secondary N) is 1. The maximum atomic E-state index is 12.6. The van der Waals surface area contributed by atoms with E-state index in [-0.39, 0.29) is 0 Å². The number of piperidine rings is 1. The van der Waals surface area contributed by atoms with Gasteiger partial charge in [0, 0.05) is 18.3 Å². The summed E-state index contributed by atoms with van der Waals surface area (Å²) in [5.41, 5.74) is 0.323. The number of alkyl halides is 3. The summed E-state index contributed by atoms with van der Waals surface area (Å²) in [6.07, 6.45) is 0.189. The monoisotopic (exact) mass is 286 g/mol. The molecule has 1 atom stereocenters. The Balaban J connectivity index is 2.11. The molecule has 1 unspecified atom stereocenters. The highest BCUT2D eigenvalue weighted by Crippen LogP contribution is 2.32. The van der Waals surface area contributed by atoms with Gasteiger partial charge in [0.2, 0.25) is 0 Å². The molecule has 0 aliphatic carbocycles. The second kappa shape index (κ2) is 6.48. The number of benzene rings is 1. The normalized spacial score (nSPS) is 20.2. The van der Waals surface area contributed by atoms with Crippen LogP contribution in [0.15, 0.2) is 24.3 Å². The molecule has 1 heterocycles. The van der Waals surface area contributed by atoms with Crippen molar-refractivity contribution in [3.8, 4) is 0 Å². The average Bonchev–Trinajstić information content (AvgIpc) is 2.45. The van der Waals surface area contributed by atoms with Crippen LogP contribution in [-0.4, -0.2) is 26.2 Å². The smallest absolute Gasteiger partial charge is 0.369 e. The molecule has 1 aromatic carbocycles. The summed E-state index contributed by atoms with van der Waals surface area (Å²) < 4.78 is 37.7. The lowest BCUT2D eigenvalue weighted by atomic mass is 9.98. The first kappa shape index (κ1) is 15.2. The maximum absolute atomic E-state index is 12.6. The summed E-state index contributed by atoms with van der Waals surface area (Å²) in [5, 5.41) is 3.14. The summed E-state index contributed by atoms with van der Waals surface area (Å²) in [4.78, 5) is 2.25. The molecular formula is C15H21F3N2. The molecule has 1 N–H and O–H groups in total. The summed E-state index contributed by atoms with van der Waals surface area (Å²) >= 11 is 0. The third-order valence-corrected chi connectivity index (χ3v) is 3.88. The first-order valence-electron chi connectivity index (χ1n) is 7.11. The van der Waals surface area contributed by atoms with E-state index in [1.165, 1.54) is 18.6 Å². The van der Waals surface area contributed by atoms with Crippen molar-refractivity contribution in [2.24, 2.45) is 0 Å². The fraction of sp³-hybridized carbons (Fsp3) is 0.600. The van der Waals surface area contributed by atoms with Crippen molar-refractivity contribution < 1.29 is 13.2 Å². The van der Waals surface area contributed by atoms with Crippen LogP contribution >= 0.6 is 0 Å². The molecular weight excluding hydrogens is 265 g/mol. The van der Waals surface area contributed by atoms with E-state index in [0.717, 1.165) is 38.0 Å². The van der Waals surface area contributed by atoms with Crippen LogP contribution < -0.4 is 10.2 Å². The Morgan fingerprint density at radius 1 is 1.20 bits per heavy atom. The molecule has 0 aromatic heterocycles. The van der Waals surface area contributed by atoms with E-state index in [4.69, 9.17) is 0 Å². The van der Waals surface area contributed by atoms with E-state index in [2.05, 4.69) is 10.2 Å². The molecule has 2 nitrogen and oxygen atoms in total. The van der Waals surface area contributed by atoms with Crippen LogP contribution in [0.25, 0.3) is 0 Å². The lowest BCUT2D eigenvalue weighted by Crippen LogP contribution is -2.41. The van der Waals surface area contributed by atoms with Gasteiger partial charge in [-0.05, 0) is 63.5 Å². The Labute approximate surface area is 118 Å². The highest BCUT2D eigenvalue weighted by Gasteiger charge is 2.30. The number of anilines is 1. The zero-order valence-corrected chi connectivity index (χ0v) is 11.7. The lowest BCUT2D eigenvalue weighted by molar-refractivity contribution is -0.137. The number of hydrogen-bond donors (Lipinski definition) is 1. The molecule has 0 saturated carbocycles. The van der Waals surface area contributed by atoms with Crippen LogP contribution in [0.4, 0.5) is 18.9 Å². The molecule has 0 radical (unpaired) electrons. The van der Waals surface area contributed by atoms with Gasteiger partial charge in [0.05, 0.1) is 5.56 Å². The quantitative estimate of drug-likeness (QED) is 0.908. The van der Waals surface area contributed by atoms with E-state index < -0.39 is 11.7 Å². The van der Waals surface area contributed by atoms with Gasteiger partial charge in [-0.3, -0.25) is 0 Å². The molecule has 20 heavy (non-hydrogen) atoms. The van der Waals surface area contributed by atoms with Gasteiger partial charge in [-0.1, -0.05) is 0 Å². The van der Waals surface area contributed by atoms with Crippen molar-refractivity contribution in [3.05, 3.63) is 29.8 Å². The zero-order valence-electron chi connectivity index (χ0n) is 11.7. The SMILES string of the molecule is CNCCC1CCCCN1c1ccc(C(F)(F)F)cc1. The minimum atomic E-state index is -4.26. The fourth-order valence-corrected chi connectivity index (χ4v) is 2.79. The topological polar surface area (TPSA) is 15.3 Å². The molecule has 0 amide bonds. The first-order valence-corrected chi connectivity index (χ1v) is 7.11. The van der Waals surface area contributed by atoms with Gasteiger partial charge in [0.15, 0.2) is 0 Å². The third kappa shape index (κ3) is 3.66. The van der Waals surface area contributed by atoms with Crippen LogP contribution in [0, 0.1) is 0 Å².